The molecule has 50 heavy (non-hydrogen) atoms. The molecule has 16 heteroatoms. The van der Waals surface area contributed by atoms with Gasteiger partial charge in [0.25, 0.3) is 0 Å². The number of likely N-dealkylation sites (N-methyl/N-ethyl adjacent to an activating group) is 2. The molecule has 1 aliphatic rings. The Hall–Kier alpha value is -5.12. The number of amides is 4. The van der Waals surface area contributed by atoms with Crippen LogP contribution in [0.25, 0.3) is 11.0 Å². The van der Waals surface area contributed by atoms with Gasteiger partial charge in [0.1, 0.15) is 0 Å². The lowest BCUT2D eigenvalue weighted by atomic mass is 9.72. The molecule has 4 rings (SSSR count). The maximum Gasteiger partial charge on any atom is 0.300 e. The number of nitrogens with one attached hydrogen (secondary N) is 3. The fourth-order valence-electron chi connectivity index (χ4n) is 6.60. The largest absolute Gasteiger partial charge is 0.363 e. The molecule has 1 aromatic heterocycles. The van der Waals surface area contributed by atoms with Crippen LogP contribution in [0.15, 0.2) is 41.0 Å². The Morgan fingerprint density at radius 3 is 2.22 bits per heavy atom. The predicted molar refractivity (Wildman–Crippen MR) is 186 cm³/mol. The summed E-state index contributed by atoms with van der Waals surface area (Å²) in [6.45, 7) is 5.87. The van der Waals surface area contributed by atoms with Gasteiger partial charge in [-0.25, -0.2) is 4.63 Å². The molecule has 0 saturated carbocycles. The Balaban J connectivity index is 1.21. The second-order valence-corrected chi connectivity index (χ2v) is 13.0. The van der Waals surface area contributed by atoms with Gasteiger partial charge in [0, 0.05) is 38.8 Å². The van der Waals surface area contributed by atoms with Crippen molar-refractivity contribution in [3.63, 3.8) is 0 Å². The van der Waals surface area contributed by atoms with Crippen molar-refractivity contribution in [1.29, 1.82) is 0 Å². The van der Waals surface area contributed by atoms with Gasteiger partial charge in [0.15, 0.2) is 5.52 Å². The quantitative estimate of drug-likeness (QED) is 0.156. The van der Waals surface area contributed by atoms with E-state index in [2.05, 4.69) is 87.9 Å². The number of non-ortho nitro benzene ring substituents is 1. The zero-order valence-electron chi connectivity index (χ0n) is 29.5. The number of nitro benzene ring substituents is 1. The van der Waals surface area contributed by atoms with Gasteiger partial charge in [0.2, 0.25) is 29.1 Å². The van der Waals surface area contributed by atoms with Crippen molar-refractivity contribution in [3.8, 4) is 0 Å². The molecule has 4 amide bonds. The molecule has 3 N–H and O–H groups in total. The van der Waals surface area contributed by atoms with Crippen LogP contribution in [0.2, 0.25) is 0 Å². The minimum absolute atomic E-state index is 0.0512. The number of nitrogens with zero attached hydrogens (tertiary/aromatic N) is 6. The number of fused-ring (bicyclic) bond motifs is 1. The number of piperidine rings is 1. The zero-order valence-corrected chi connectivity index (χ0v) is 29.5. The van der Waals surface area contributed by atoms with Crippen LogP contribution in [0.3, 0.4) is 0 Å². The van der Waals surface area contributed by atoms with Crippen molar-refractivity contribution in [2.75, 3.05) is 58.8 Å². The third-order valence-corrected chi connectivity index (χ3v) is 9.61. The van der Waals surface area contributed by atoms with Gasteiger partial charge in [-0.05, 0) is 67.5 Å². The molecule has 1 saturated heterocycles. The van der Waals surface area contributed by atoms with E-state index in [0.717, 1.165) is 19.3 Å². The number of anilines is 1. The molecule has 0 aliphatic carbocycles. The average Bonchev–Trinajstić information content (AvgIpc) is 3.58. The topological polar surface area (TPSA) is 196 Å². The number of rotatable bonds is 15. The summed E-state index contributed by atoms with van der Waals surface area (Å²) in [7, 11) is 5.48. The number of carbonyl (C=O) groups is 4. The van der Waals surface area contributed by atoms with Crippen molar-refractivity contribution >= 4 is 46.0 Å². The Kier molecular flexibility index (Phi) is 12.8. The van der Waals surface area contributed by atoms with Crippen LogP contribution >= 0.6 is 0 Å². The van der Waals surface area contributed by atoms with E-state index in [4.69, 9.17) is 0 Å². The average molecular weight is 694 g/mol. The first-order valence-corrected chi connectivity index (χ1v) is 16.7. The van der Waals surface area contributed by atoms with E-state index in [1.54, 1.807) is 19.0 Å². The lowest BCUT2D eigenvalue weighted by Gasteiger charge is -2.48. The zero-order chi connectivity index (χ0) is 36.5. The Bertz CT molecular complexity index is 1680. The maximum atomic E-state index is 13.1. The summed E-state index contributed by atoms with van der Waals surface area (Å²) in [5.41, 5.74) is 2.64. The molecule has 1 fully saturated rings. The number of likely N-dealkylation sites (tertiary alicyclic amines) is 1. The lowest BCUT2D eigenvalue weighted by molar-refractivity contribution is -0.383. The van der Waals surface area contributed by atoms with Crippen LogP contribution in [0, 0.1) is 23.0 Å². The van der Waals surface area contributed by atoms with Gasteiger partial charge in [-0.3, -0.25) is 29.3 Å². The summed E-state index contributed by atoms with van der Waals surface area (Å²) < 4.78 is 4.65. The minimum Gasteiger partial charge on any atom is -0.363 e. The van der Waals surface area contributed by atoms with Crippen LogP contribution in [0.4, 0.5) is 11.4 Å². The summed E-state index contributed by atoms with van der Waals surface area (Å²) in [5.74, 6) is -1.40. The van der Waals surface area contributed by atoms with Crippen LogP contribution in [0.1, 0.15) is 50.2 Å². The summed E-state index contributed by atoms with van der Waals surface area (Å²) in [6.07, 6.45) is 3.24. The highest BCUT2D eigenvalue weighted by atomic mass is 16.6. The Morgan fingerprint density at radius 1 is 0.960 bits per heavy atom. The SMILES string of the molecule is CCCC1C[C@H](c2ccc(C)cc2)C(CN(C)C(=O)CNC(=O)CNC(=O)CNC(=O)CN(C)c2ccc([N+](=O)[O-])c3nonc23)C(C)N1C. The van der Waals surface area contributed by atoms with Crippen molar-refractivity contribution in [2.45, 2.75) is 58.0 Å². The number of aromatic nitrogens is 2. The molecular formula is C34H47N9O7. The molecule has 2 aromatic carbocycles. The number of nitro groups is 1. The lowest BCUT2D eigenvalue weighted by Crippen LogP contribution is -2.54. The first-order chi connectivity index (χ1) is 23.8. The summed E-state index contributed by atoms with van der Waals surface area (Å²) >= 11 is 0. The molecule has 270 valence electrons. The maximum absolute atomic E-state index is 13.1. The first-order valence-electron chi connectivity index (χ1n) is 16.7. The van der Waals surface area contributed by atoms with Crippen molar-refractivity contribution in [3.05, 3.63) is 57.6 Å². The molecule has 1 aliphatic heterocycles. The van der Waals surface area contributed by atoms with E-state index in [0.29, 0.717) is 24.2 Å². The van der Waals surface area contributed by atoms with Gasteiger partial charge < -0.3 is 30.7 Å². The molecule has 3 unspecified atom stereocenters. The summed E-state index contributed by atoms with van der Waals surface area (Å²) in [4.78, 5) is 66.5. The van der Waals surface area contributed by atoms with Crippen molar-refractivity contribution in [2.24, 2.45) is 5.92 Å². The van der Waals surface area contributed by atoms with Gasteiger partial charge in [0.05, 0.1) is 36.8 Å². The van der Waals surface area contributed by atoms with Crippen LogP contribution in [0.5, 0.6) is 0 Å². The number of aryl methyl sites for hydroxylation is 1. The van der Waals surface area contributed by atoms with Gasteiger partial charge in [-0.2, -0.15) is 0 Å². The molecule has 0 radical (unpaired) electrons. The highest BCUT2D eigenvalue weighted by Crippen LogP contribution is 2.41. The van der Waals surface area contributed by atoms with Gasteiger partial charge in [-0.1, -0.05) is 43.2 Å². The molecule has 3 aromatic rings. The van der Waals surface area contributed by atoms with E-state index in [-0.39, 0.29) is 54.2 Å². The van der Waals surface area contributed by atoms with Crippen LogP contribution in [-0.2, 0) is 19.2 Å². The standard InChI is InChI=1S/C34H47N9O7/c1-7-8-24-15-25(23-11-9-21(2)10-12-23)26(22(3)42(24)6)19-41(5)32(47)18-37-30(45)16-35-29(44)17-36-31(46)20-40(4)27-13-14-28(43(48)49)34-33(27)38-50-39-34/h9-14,22,24-26H,7-8,15-20H2,1-6H3,(H,35,44)(H,36,46)(H,37,45)/t22?,24?,25-,26?/m1/s1. The highest BCUT2D eigenvalue weighted by molar-refractivity contribution is 5.96. The summed E-state index contributed by atoms with van der Waals surface area (Å²) in [5, 5.41) is 26.0. The second kappa shape index (κ2) is 17.0. The first kappa shape index (κ1) is 37.7. The van der Waals surface area contributed by atoms with Crippen LogP contribution in [-0.4, -0.2) is 115 Å². The molecule has 16 nitrogen and oxygen atoms in total. The highest BCUT2D eigenvalue weighted by Gasteiger charge is 2.40. The van der Waals surface area contributed by atoms with Crippen molar-refractivity contribution < 1.29 is 28.7 Å². The van der Waals surface area contributed by atoms with Gasteiger partial charge >= 0.3 is 5.69 Å². The Labute approximate surface area is 291 Å². The molecule has 0 spiro atoms. The van der Waals surface area contributed by atoms with Crippen molar-refractivity contribution in [1.82, 2.24) is 36.1 Å². The third-order valence-electron chi connectivity index (χ3n) is 9.61. The molecule has 2 heterocycles. The number of hydrogen-bond donors (Lipinski definition) is 3. The second-order valence-electron chi connectivity index (χ2n) is 13.0. The number of carbonyl (C=O) groups excluding carboxylic acids is 4. The predicted octanol–water partition coefficient (Wildman–Crippen LogP) is 1.98. The fraction of sp³-hybridized carbons (Fsp3) is 0.529. The van der Waals surface area contributed by atoms with E-state index in [1.165, 1.54) is 28.2 Å². The van der Waals surface area contributed by atoms with E-state index in [1.807, 2.05) is 0 Å². The molecule has 0 bridgehead atoms. The summed E-state index contributed by atoms with van der Waals surface area (Å²) in [6, 6.07) is 12.0. The van der Waals surface area contributed by atoms with Gasteiger partial charge in [-0.15, -0.1) is 0 Å². The smallest absolute Gasteiger partial charge is 0.300 e. The third kappa shape index (κ3) is 9.31. The monoisotopic (exact) mass is 693 g/mol. The molecule has 4 atom stereocenters. The van der Waals surface area contributed by atoms with E-state index in [9.17, 15) is 29.3 Å². The fourth-order valence-corrected chi connectivity index (χ4v) is 6.60. The number of benzene rings is 2. The van der Waals surface area contributed by atoms with E-state index >= 15 is 0 Å². The van der Waals surface area contributed by atoms with E-state index < -0.39 is 29.2 Å². The Morgan fingerprint density at radius 2 is 1.58 bits per heavy atom. The number of hydrogen-bond acceptors (Lipinski definition) is 11. The normalized spacial score (nSPS) is 19.1. The molecular weight excluding hydrogens is 646 g/mol. The van der Waals surface area contributed by atoms with Crippen LogP contribution < -0.4 is 20.9 Å². The minimum atomic E-state index is -0.612.